The maximum Gasteiger partial charge on any atom is 0.109 e. The Bertz CT molecular complexity index is 174. The van der Waals surface area contributed by atoms with Crippen molar-refractivity contribution in [3.63, 3.8) is 0 Å². The number of nitrogens with one attached hydrogen (secondary N) is 1. The third-order valence-corrected chi connectivity index (χ3v) is 3.40. The van der Waals surface area contributed by atoms with Gasteiger partial charge in [-0.25, -0.2) is 0 Å². The van der Waals surface area contributed by atoms with Crippen molar-refractivity contribution >= 4 is 12.4 Å². The molecule has 2 atom stereocenters. The lowest BCUT2D eigenvalue weighted by Gasteiger charge is -2.30. The molecule has 4 heteroatoms. The van der Waals surface area contributed by atoms with Gasteiger partial charge < -0.3 is 9.64 Å². The molecule has 2 aliphatic rings. The summed E-state index contributed by atoms with van der Waals surface area (Å²) < 4.78 is 5.69. The van der Waals surface area contributed by atoms with Gasteiger partial charge in [-0.1, -0.05) is 6.92 Å². The third-order valence-electron chi connectivity index (χ3n) is 3.40. The van der Waals surface area contributed by atoms with Gasteiger partial charge in [-0.15, -0.1) is 12.4 Å². The molecule has 2 rings (SSSR count). The second-order valence-corrected chi connectivity index (χ2v) is 4.33. The SMILES string of the molecule is CCN1CCCC1CC1NCCCO1.Cl. The van der Waals surface area contributed by atoms with Crippen LogP contribution in [0.1, 0.15) is 32.6 Å². The van der Waals surface area contributed by atoms with Gasteiger partial charge in [0.05, 0.1) is 0 Å². The van der Waals surface area contributed by atoms with Crippen LogP contribution in [0.2, 0.25) is 0 Å². The summed E-state index contributed by atoms with van der Waals surface area (Å²) >= 11 is 0. The van der Waals surface area contributed by atoms with E-state index < -0.39 is 0 Å². The molecular weight excluding hydrogens is 212 g/mol. The Morgan fingerprint density at radius 1 is 1.40 bits per heavy atom. The van der Waals surface area contributed by atoms with Crippen molar-refractivity contribution in [2.75, 3.05) is 26.2 Å². The highest BCUT2D eigenvalue weighted by Gasteiger charge is 2.26. The van der Waals surface area contributed by atoms with Crippen molar-refractivity contribution in [1.29, 1.82) is 0 Å². The Hall–Kier alpha value is 0.170. The normalized spacial score (nSPS) is 32.6. The molecule has 15 heavy (non-hydrogen) atoms. The van der Waals surface area contributed by atoms with Crippen LogP contribution in [-0.4, -0.2) is 43.4 Å². The van der Waals surface area contributed by atoms with E-state index in [0.717, 1.165) is 19.2 Å². The quantitative estimate of drug-likeness (QED) is 0.803. The van der Waals surface area contributed by atoms with Gasteiger partial charge in [0.25, 0.3) is 0 Å². The van der Waals surface area contributed by atoms with Crippen molar-refractivity contribution in [1.82, 2.24) is 10.2 Å². The number of rotatable bonds is 3. The van der Waals surface area contributed by atoms with E-state index in [0.29, 0.717) is 6.23 Å². The third kappa shape index (κ3) is 3.59. The summed E-state index contributed by atoms with van der Waals surface area (Å²) in [6.45, 7) is 6.80. The van der Waals surface area contributed by atoms with Crippen molar-refractivity contribution < 1.29 is 4.74 Å². The summed E-state index contributed by atoms with van der Waals surface area (Å²) in [6, 6.07) is 0.760. The highest BCUT2D eigenvalue weighted by molar-refractivity contribution is 5.85. The Morgan fingerprint density at radius 3 is 2.93 bits per heavy atom. The second-order valence-electron chi connectivity index (χ2n) is 4.33. The zero-order chi connectivity index (χ0) is 9.80. The molecule has 0 bridgehead atoms. The molecule has 2 unspecified atom stereocenters. The average Bonchev–Trinajstić information content (AvgIpc) is 2.67. The molecule has 0 aromatic heterocycles. The van der Waals surface area contributed by atoms with Gasteiger partial charge in [-0.3, -0.25) is 5.32 Å². The first kappa shape index (κ1) is 13.2. The van der Waals surface area contributed by atoms with Crippen molar-refractivity contribution in [3.05, 3.63) is 0 Å². The Labute approximate surface area is 99.0 Å². The number of halogens is 1. The van der Waals surface area contributed by atoms with E-state index in [1.807, 2.05) is 0 Å². The average molecular weight is 235 g/mol. The fourth-order valence-electron chi connectivity index (χ4n) is 2.60. The summed E-state index contributed by atoms with van der Waals surface area (Å²) in [5.41, 5.74) is 0. The maximum atomic E-state index is 5.69. The van der Waals surface area contributed by atoms with Gasteiger partial charge in [-0.2, -0.15) is 0 Å². The first-order valence-corrected chi connectivity index (χ1v) is 5.99. The molecule has 2 heterocycles. The van der Waals surface area contributed by atoms with Crippen LogP contribution in [-0.2, 0) is 4.74 Å². The van der Waals surface area contributed by atoms with E-state index in [9.17, 15) is 0 Å². The monoisotopic (exact) mass is 234 g/mol. The predicted molar refractivity (Wildman–Crippen MR) is 64.5 cm³/mol. The summed E-state index contributed by atoms with van der Waals surface area (Å²) in [7, 11) is 0. The molecule has 0 aliphatic carbocycles. The van der Waals surface area contributed by atoms with Gasteiger partial charge in [0.2, 0.25) is 0 Å². The Kier molecular flexibility index (Phi) is 5.90. The first-order valence-electron chi connectivity index (χ1n) is 5.99. The van der Waals surface area contributed by atoms with Crippen LogP contribution in [0.15, 0.2) is 0 Å². The molecule has 3 nitrogen and oxygen atoms in total. The zero-order valence-corrected chi connectivity index (χ0v) is 10.4. The molecule has 0 aromatic rings. The lowest BCUT2D eigenvalue weighted by atomic mass is 10.1. The van der Waals surface area contributed by atoms with E-state index in [1.54, 1.807) is 0 Å². The van der Waals surface area contributed by atoms with E-state index >= 15 is 0 Å². The molecule has 0 saturated carbocycles. The van der Waals surface area contributed by atoms with Gasteiger partial charge in [-0.05, 0) is 38.9 Å². The Balaban J connectivity index is 0.00000112. The molecule has 1 N–H and O–H groups in total. The maximum absolute atomic E-state index is 5.69. The fourth-order valence-corrected chi connectivity index (χ4v) is 2.60. The summed E-state index contributed by atoms with van der Waals surface area (Å²) in [5.74, 6) is 0. The van der Waals surface area contributed by atoms with Gasteiger partial charge in [0.1, 0.15) is 6.23 Å². The number of likely N-dealkylation sites (tertiary alicyclic amines) is 1. The highest BCUT2D eigenvalue weighted by atomic mass is 35.5. The molecule has 2 aliphatic heterocycles. The lowest BCUT2D eigenvalue weighted by Crippen LogP contribution is -2.43. The molecule has 0 spiro atoms. The van der Waals surface area contributed by atoms with Crippen LogP contribution >= 0.6 is 12.4 Å². The Morgan fingerprint density at radius 2 is 2.27 bits per heavy atom. The van der Waals surface area contributed by atoms with E-state index in [1.165, 1.54) is 38.8 Å². The molecule has 0 amide bonds. The minimum Gasteiger partial charge on any atom is -0.363 e. The summed E-state index contributed by atoms with van der Waals surface area (Å²) in [6.07, 6.45) is 5.38. The topological polar surface area (TPSA) is 24.5 Å². The predicted octanol–water partition coefficient (Wildman–Crippen LogP) is 1.62. The lowest BCUT2D eigenvalue weighted by molar-refractivity contribution is -0.0162. The number of nitrogens with zero attached hydrogens (tertiary/aromatic N) is 1. The summed E-state index contributed by atoms with van der Waals surface area (Å²) in [5, 5.41) is 3.44. The molecule has 2 fully saturated rings. The summed E-state index contributed by atoms with van der Waals surface area (Å²) in [4.78, 5) is 2.58. The van der Waals surface area contributed by atoms with Crippen molar-refractivity contribution in [3.8, 4) is 0 Å². The number of ether oxygens (including phenoxy) is 1. The van der Waals surface area contributed by atoms with E-state index in [4.69, 9.17) is 4.74 Å². The van der Waals surface area contributed by atoms with Crippen LogP contribution < -0.4 is 5.32 Å². The second kappa shape index (κ2) is 6.69. The largest absolute Gasteiger partial charge is 0.363 e. The first-order chi connectivity index (χ1) is 6.90. The van der Waals surface area contributed by atoms with E-state index in [-0.39, 0.29) is 12.4 Å². The van der Waals surface area contributed by atoms with Crippen LogP contribution in [0.25, 0.3) is 0 Å². The zero-order valence-electron chi connectivity index (χ0n) is 9.58. The van der Waals surface area contributed by atoms with Gasteiger partial charge in [0.15, 0.2) is 0 Å². The smallest absolute Gasteiger partial charge is 0.109 e. The van der Waals surface area contributed by atoms with Crippen molar-refractivity contribution in [2.45, 2.75) is 44.9 Å². The minimum atomic E-state index is 0. The molecular formula is C11H23ClN2O. The van der Waals surface area contributed by atoms with Crippen molar-refractivity contribution in [2.24, 2.45) is 0 Å². The van der Waals surface area contributed by atoms with Gasteiger partial charge >= 0.3 is 0 Å². The molecule has 90 valence electrons. The number of hydrogen-bond donors (Lipinski definition) is 1. The van der Waals surface area contributed by atoms with Crippen LogP contribution in [0.5, 0.6) is 0 Å². The highest BCUT2D eigenvalue weighted by Crippen LogP contribution is 2.21. The van der Waals surface area contributed by atoms with Crippen LogP contribution in [0.4, 0.5) is 0 Å². The minimum absolute atomic E-state index is 0. The van der Waals surface area contributed by atoms with Crippen LogP contribution in [0, 0.1) is 0 Å². The van der Waals surface area contributed by atoms with E-state index in [2.05, 4.69) is 17.1 Å². The number of hydrogen-bond acceptors (Lipinski definition) is 3. The molecule has 2 saturated heterocycles. The molecule has 0 aromatic carbocycles. The fraction of sp³-hybridized carbons (Fsp3) is 1.00. The van der Waals surface area contributed by atoms with Crippen LogP contribution in [0.3, 0.4) is 0 Å². The van der Waals surface area contributed by atoms with Gasteiger partial charge in [0, 0.05) is 19.1 Å². The molecule has 0 radical (unpaired) electrons. The standard InChI is InChI=1S/C11H22N2O.ClH/c1-2-13-7-3-5-10(13)9-11-12-6-4-8-14-11;/h10-12H,2-9H2,1H3;1H.